The van der Waals surface area contributed by atoms with Crippen molar-refractivity contribution in [3.05, 3.63) is 132 Å². The van der Waals surface area contributed by atoms with Crippen molar-refractivity contribution in [3.63, 3.8) is 0 Å². The van der Waals surface area contributed by atoms with Crippen molar-refractivity contribution in [3.8, 4) is 22.6 Å². The summed E-state index contributed by atoms with van der Waals surface area (Å²) in [6.07, 6.45) is 4.16. The van der Waals surface area contributed by atoms with Gasteiger partial charge in [-0.3, -0.25) is 14.3 Å². The van der Waals surface area contributed by atoms with E-state index in [9.17, 15) is 14.8 Å². The standard InChI is InChI=1S/C33H31N5O5/c1-37-26(18-19-34-37)32(39)36-31(29(22-10-6-4-7-11-22)23-12-8-5-9-13-23)33(40)35-25-16-14-24(15-17-25)30-27(42-2)20-38(41)21-28(30)43-3/h4-21,29,31H,1-3H3,(H,35,40)(H,36,39). The van der Waals surface area contributed by atoms with Gasteiger partial charge in [-0.15, -0.1) is 0 Å². The molecule has 10 heteroatoms. The van der Waals surface area contributed by atoms with E-state index < -0.39 is 23.8 Å². The molecule has 218 valence electrons. The van der Waals surface area contributed by atoms with E-state index in [1.165, 1.54) is 37.5 Å². The van der Waals surface area contributed by atoms with Crippen LogP contribution in [0.2, 0.25) is 0 Å². The van der Waals surface area contributed by atoms with Crippen LogP contribution in [0.5, 0.6) is 11.5 Å². The molecule has 0 saturated heterocycles. The molecule has 0 radical (unpaired) electrons. The Morgan fingerprint density at radius 1 is 0.837 bits per heavy atom. The highest BCUT2D eigenvalue weighted by Gasteiger charge is 2.33. The number of amides is 2. The molecular weight excluding hydrogens is 546 g/mol. The molecular formula is C33H31N5O5. The molecule has 0 aliphatic carbocycles. The molecule has 10 nitrogen and oxygen atoms in total. The van der Waals surface area contributed by atoms with Crippen molar-refractivity contribution in [2.45, 2.75) is 12.0 Å². The minimum atomic E-state index is -0.978. The lowest BCUT2D eigenvalue weighted by Crippen LogP contribution is -2.48. The number of hydrogen-bond acceptors (Lipinski definition) is 6. The highest BCUT2D eigenvalue weighted by atomic mass is 16.5. The fraction of sp³-hybridized carbons (Fsp3) is 0.152. The first-order chi connectivity index (χ1) is 20.9. The molecule has 2 heterocycles. The number of aryl methyl sites for hydroxylation is 1. The molecule has 1 atom stereocenters. The normalized spacial score (nSPS) is 11.5. The number of carbonyl (C=O) groups is 2. The second-order valence-electron chi connectivity index (χ2n) is 9.79. The zero-order chi connectivity index (χ0) is 30.3. The number of carbonyl (C=O) groups excluding carboxylic acids is 2. The molecule has 0 bridgehead atoms. The van der Waals surface area contributed by atoms with E-state index in [0.29, 0.717) is 33.2 Å². The van der Waals surface area contributed by atoms with E-state index in [-0.39, 0.29) is 0 Å². The number of hydrogen-bond donors (Lipinski definition) is 2. The van der Waals surface area contributed by atoms with Gasteiger partial charge in [0.25, 0.3) is 5.91 Å². The van der Waals surface area contributed by atoms with Gasteiger partial charge >= 0.3 is 0 Å². The largest absolute Gasteiger partial charge is 0.618 e. The van der Waals surface area contributed by atoms with Crippen LogP contribution in [0.3, 0.4) is 0 Å². The number of aromatic nitrogens is 3. The molecule has 2 N–H and O–H groups in total. The molecule has 0 fully saturated rings. The maximum atomic E-state index is 14.1. The van der Waals surface area contributed by atoms with Crippen molar-refractivity contribution < 1.29 is 23.8 Å². The quantitative estimate of drug-likeness (QED) is 0.189. The first kappa shape index (κ1) is 28.9. The number of rotatable bonds is 10. The molecule has 3 aromatic carbocycles. The lowest BCUT2D eigenvalue weighted by atomic mass is 9.84. The number of ether oxygens (including phenoxy) is 2. The molecule has 0 aliphatic rings. The van der Waals surface area contributed by atoms with Gasteiger partial charge in [0.2, 0.25) is 18.3 Å². The topological polar surface area (TPSA) is 121 Å². The maximum Gasteiger partial charge on any atom is 0.270 e. The van der Waals surface area contributed by atoms with Crippen LogP contribution in [0.15, 0.2) is 110 Å². The lowest BCUT2D eigenvalue weighted by Gasteiger charge is -2.28. The number of nitrogens with one attached hydrogen (secondary N) is 2. The smallest absolute Gasteiger partial charge is 0.270 e. The summed E-state index contributed by atoms with van der Waals surface area (Å²) >= 11 is 0. The molecule has 5 aromatic rings. The third-order valence-electron chi connectivity index (χ3n) is 7.14. The number of benzene rings is 3. The number of nitrogens with zero attached hydrogens (tertiary/aromatic N) is 3. The summed E-state index contributed by atoms with van der Waals surface area (Å²) in [5.74, 6) is -0.625. The van der Waals surface area contributed by atoms with E-state index in [4.69, 9.17) is 9.47 Å². The average Bonchev–Trinajstić information content (AvgIpc) is 3.47. The van der Waals surface area contributed by atoms with Crippen LogP contribution >= 0.6 is 0 Å². The van der Waals surface area contributed by atoms with Gasteiger partial charge in [-0.1, -0.05) is 72.8 Å². The first-order valence-corrected chi connectivity index (χ1v) is 13.5. The Bertz CT molecular complexity index is 1640. The minimum Gasteiger partial charge on any atom is -0.618 e. The summed E-state index contributed by atoms with van der Waals surface area (Å²) in [5.41, 5.74) is 3.90. The summed E-state index contributed by atoms with van der Waals surface area (Å²) in [5, 5.41) is 22.0. The van der Waals surface area contributed by atoms with Gasteiger partial charge in [-0.2, -0.15) is 9.83 Å². The fourth-order valence-electron chi connectivity index (χ4n) is 5.06. The van der Waals surface area contributed by atoms with Crippen LogP contribution in [0.4, 0.5) is 5.69 Å². The average molecular weight is 578 g/mol. The Hall–Kier alpha value is -5.64. The van der Waals surface area contributed by atoms with E-state index in [0.717, 1.165) is 16.7 Å². The summed E-state index contributed by atoms with van der Waals surface area (Å²) in [4.78, 5) is 27.5. The fourth-order valence-corrected chi connectivity index (χ4v) is 5.06. The van der Waals surface area contributed by atoms with Gasteiger partial charge in [-0.05, 0) is 34.9 Å². The number of anilines is 1. The molecule has 2 aromatic heterocycles. The Balaban J connectivity index is 1.49. The van der Waals surface area contributed by atoms with Crippen LogP contribution < -0.4 is 24.8 Å². The molecule has 0 spiro atoms. The monoisotopic (exact) mass is 577 g/mol. The maximum absolute atomic E-state index is 14.1. The molecule has 43 heavy (non-hydrogen) atoms. The summed E-state index contributed by atoms with van der Waals surface area (Å²) < 4.78 is 12.9. The predicted molar refractivity (Wildman–Crippen MR) is 162 cm³/mol. The molecule has 0 saturated carbocycles. The third kappa shape index (κ3) is 6.33. The second kappa shape index (κ2) is 12.9. The number of methoxy groups -OCH3 is 2. The van der Waals surface area contributed by atoms with Crippen LogP contribution in [0.25, 0.3) is 11.1 Å². The molecule has 2 amide bonds. The first-order valence-electron chi connectivity index (χ1n) is 13.5. The summed E-state index contributed by atoms with van der Waals surface area (Å²) in [7, 11) is 4.62. The van der Waals surface area contributed by atoms with Gasteiger partial charge in [-0.25, -0.2) is 0 Å². The van der Waals surface area contributed by atoms with Crippen LogP contribution in [-0.2, 0) is 11.8 Å². The van der Waals surface area contributed by atoms with E-state index >= 15 is 0 Å². The van der Waals surface area contributed by atoms with Crippen molar-refractivity contribution >= 4 is 17.5 Å². The van der Waals surface area contributed by atoms with Gasteiger partial charge < -0.3 is 25.3 Å². The van der Waals surface area contributed by atoms with Gasteiger partial charge in [0.05, 0.1) is 19.8 Å². The molecule has 5 rings (SSSR count). The van der Waals surface area contributed by atoms with E-state index in [1.807, 2.05) is 60.7 Å². The van der Waals surface area contributed by atoms with Gasteiger partial charge in [0, 0.05) is 24.8 Å². The van der Waals surface area contributed by atoms with Crippen molar-refractivity contribution in [1.29, 1.82) is 0 Å². The highest BCUT2D eigenvalue weighted by molar-refractivity contribution is 6.01. The summed E-state index contributed by atoms with van der Waals surface area (Å²) in [6.45, 7) is 0. The Morgan fingerprint density at radius 3 is 1.88 bits per heavy atom. The van der Waals surface area contributed by atoms with Crippen LogP contribution in [0.1, 0.15) is 27.5 Å². The Morgan fingerprint density at radius 2 is 1.40 bits per heavy atom. The van der Waals surface area contributed by atoms with E-state index in [1.54, 1.807) is 37.4 Å². The molecule has 1 unspecified atom stereocenters. The minimum absolute atomic E-state index is 0.326. The van der Waals surface area contributed by atoms with Crippen LogP contribution in [-0.4, -0.2) is 41.9 Å². The Labute approximate surface area is 249 Å². The van der Waals surface area contributed by atoms with Gasteiger partial charge in [0.15, 0.2) is 11.5 Å². The lowest BCUT2D eigenvalue weighted by molar-refractivity contribution is -0.606. The van der Waals surface area contributed by atoms with Crippen molar-refractivity contribution in [2.24, 2.45) is 7.05 Å². The Kier molecular flexibility index (Phi) is 8.66. The number of pyridine rings is 1. The summed E-state index contributed by atoms with van der Waals surface area (Å²) in [6, 6.07) is 26.9. The predicted octanol–water partition coefficient (Wildman–Crippen LogP) is 4.31. The zero-order valence-electron chi connectivity index (χ0n) is 23.9. The second-order valence-corrected chi connectivity index (χ2v) is 9.79. The third-order valence-corrected chi connectivity index (χ3v) is 7.14. The zero-order valence-corrected chi connectivity index (χ0v) is 23.9. The molecule has 0 aliphatic heterocycles. The van der Waals surface area contributed by atoms with Gasteiger partial charge in [0.1, 0.15) is 11.7 Å². The van der Waals surface area contributed by atoms with Crippen LogP contribution in [0, 0.1) is 5.21 Å². The van der Waals surface area contributed by atoms with Crippen molar-refractivity contribution in [2.75, 3.05) is 19.5 Å². The van der Waals surface area contributed by atoms with Crippen molar-refractivity contribution in [1.82, 2.24) is 15.1 Å². The van der Waals surface area contributed by atoms with E-state index in [2.05, 4.69) is 15.7 Å². The SMILES string of the molecule is COc1c[n+]([O-])cc(OC)c1-c1ccc(NC(=O)C(NC(=O)c2ccnn2C)C(c2ccccc2)c2ccccc2)cc1. The highest BCUT2D eigenvalue weighted by Crippen LogP contribution is 2.37.